The first-order valence-electron chi connectivity index (χ1n) is 9.71. The molecule has 0 aliphatic heterocycles. The number of aromatic nitrogens is 4. The summed E-state index contributed by atoms with van der Waals surface area (Å²) in [5.41, 5.74) is 2.00. The van der Waals surface area contributed by atoms with Crippen LogP contribution in [0.3, 0.4) is 0 Å². The van der Waals surface area contributed by atoms with E-state index in [9.17, 15) is 4.79 Å². The smallest absolute Gasteiger partial charge is 0.281 e. The van der Waals surface area contributed by atoms with Gasteiger partial charge in [-0.25, -0.2) is 0 Å². The highest BCUT2D eigenvalue weighted by Crippen LogP contribution is 2.28. The van der Waals surface area contributed by atoms with Crippen LogP contribution in [0.1, 0.15) is 15.9 Å². The number of pyridine rings is 1. The van der Waals surface area contributed by atoms with Crippen LogP contribution in [0.2, 0.25) is 5.02 Å². The lowest BCUT2D eigenvalue weighted by Gasteiger charge is -2.10. The van der Waals surface area contributed by atoms with Crippen molar-refractivity contribution >= 4 is 23.5 Å². The second kappa shape index (κ2) is 9.49. The van der Waals surface area contributed by atoms with Crippen molar-refractivity contribution in [2.24, 2.45) is 0 Å². The van der Waals surface area contributed by atoms with Crippen LogP contribution in [0.15, 0.2) is 67.0 Å². The highest BCUT2D eigenvalue weighted by molar-refractivity contribution is 6.30. The summed E-state index contributed by atoms with van der Waals surface area (Å²) < 4.78 is 11.8. The third-order valence-corrected chi connectivity index (χ3v) is 4.92. The minimum Gasteiger partial charge on any atom is -0.493 e. The SMILES string of the molecule is COc1ccc(C(=O)n2nc(-c3cccnc3)nc2NCc2cccc(Cl)c2)cc1OC. The van der Waals surface area contributed by atoms with Crippen LogP contribution in [0, 0.1) is 0 Å². The van der Waals surface area contributed by atoms with Gasteiger partial charge in [-0.3, -0.25) is 9.78 Å². The standard InChI is InChI=1S/C23H20ClN5O3/c1-31-19-9-8-16(12-20(19)32-2)22(30)29-23(26-13-15-5-3-7-18(24)11-15)27-21(28-29)17-6-4-10-25-14-17/h3-12,14H,13H2,1-2H3,(H,26,27,28). The number of halogens is 1. The molecule has 1 N–H and O–H groups in total. The lowest BCUT2D eigenvalue weighted by atomic mass is 10.2. The summed E-state index contributed by atoms with van der Waals surface area (Å²) in [7, 11) is 3.05. The predicted octanol–water partition coefficient (Wildman–Crippen LogP) is 4.31. The lowest BCUT2D eigenvalue weighted by Crippen LogP contribution is -2.17. The van der Waals surface area contributed by atoms with Gasteiger partial charge in [0.1, 0.15) is 0 Å². The Kier molecular flexibility index (Phi) is 6.32. The van der Waals surface area contributed by atoms with Crippen molar-refractivity contribution in [1.29, 1.82) is 0 Å². The number of hydrogen-bond acceptors (Lipinski definition) is 7. The van der Waals surface area contributed by atoms with Crippen molar-refractivity contribution in [2.45, 2.75) is 6.54 Å². The molecule has 0 aliphatic rings. The van der Waals surface area contributed by atoms with Crippen molar-refractivity contribution in [3.63, 3.8) is 0 Å². The van der Waals surface area contributed by atoms with Gasteiger partial charge < -0.3 is 14.8 Å². The van der Waals surface area contributed by atoms with Crippen molar-refractivity contribution in [3.05, 3.63) is 83.1 Å². The fourth-order valence-corrected chi connectivity index (χ4v) is 3.32. The minimum absolute atomic E-state index is 0.295. The molecule has 162 valence electrons. The maximum Gasteiger partial charge on any atom is 0.281 e. The number of nitrogens with zero attached hydrogens (tertiary/aromatic N) is 4. The number of hydrogen-bond donors (Lipinski definition) is 1. The number of carbonyl (C=O) groups is 1. The van der Waals surface area contributed by atoms with E-state index in [1.165, 1.54) is 18.9 Å². The number of methoxy groups -OCH3 is 2. The van der Waals surface area contributed by atoms with Gasteiger partial charge in [-0.1, -0.05) is 23.7 Å². The van der Waals surface area contributed by atoms with E-state index in [1.54, 1.807) is 42.7 Å². The molecule has 2 aromatic heterocycles. The molecule has 2 aromatic carbocycles. The van der Waals surface area contributed by atoms with Crippen LogP contribution in [0.25, 0.3) is 11.4 Å². The monoisotopic (exact) mass is 449 g/mol. The third kappa shape index (κ3) is 4.55. The molecule has 9 heteroatoms. The molecule has 0 atom stereocenters. The van der Waals surface area contributed by atoms with E-state index < -0.39 is 0 Å². The van der Waals surface area contributed by atoms with E-state index in [1.807, 2.05) is 24.3 Å². The number of carbonyl (C=O) groups excluding carboxylic acids is 1. The molecule has 2 heterocycles. The Labute approximate surface area is 189 Å². The summed E-state index contributed by atoms with van der Waals surface area (Å²) in [6, 6.07) is 16.0. The molecule has 4 aromatic rings. The van der Waals surface area contributed by atoms with Gasteiger partial charge in [0.2, 0.25) is 5.95 Å². The predicted molar refractivity (Wildman–Crippen MR) is 121 cm³/mol. The number of ether oxygens (including phenoxy) is 2. The third-order valence-electron chi connectivity index (χ3n) is 4.69. The molecule has 0 bridgehead atoms. The van der Waals surface area contributed by atoms with Crippen molar-refractivity contribution in [3.8, 4) is 22.9 Å². The zero-order valence-corrected chi connectivity index (χ0v) is 18.2. The average molecular weight is 450 g/mol. The van der Waals surface area contributed by atoms with Gasteiger partial charge >= 0.3 is 0 Å². The van der Waals surface area contributed by atoms with Crippen LogP contribution in [-0.4, -0.2) is 39.9 Å². The zero-order valence-electron chi connectivity index (χ0n) is 17.4. The summed E-state index contributed by atoms with van der Waals surface area (Å²) in [4.78, 5) is 22.0. The molecule has 8 nitrogen and oxygen atoms in total. The largest absolute Gasteiger partial charge is 0.493 e. The molecule has 0 spiro atoms. The first-order valence-corrected chi connectivity index (χ1v) is 10.1. The van der Waals surface area contributed by atoms with E-state index in [0.29, 0.717) is 46.0 Å². The molecule has 0 aliphatic carbocycles. The minimum atomic E-state index is -0.373. The molecule has 0 saturated carbocycles. The van der Waals surface area contributed by atoms with Crippen molar-refractivity contribution in [2.75, 3.05) is 19.5 Å². The molecule has 0 radical (unpaired) electrons. The molecule has 0 amide bonds. The Morgan fingerprint density at radius 2 is 1.91 bits per heavy atom. The zero-order chi connectivity index (χ0) is 22.5. The fourth-order valence-electron chi connectivity index (χ4n) is 3.11. The van der Waals surface area contributed by atoms with Crippen LogP contribution in [0.4, 0.5) is 5.95 Å². The summed E-state index contributed by atoms with van der Waals surface area (Å²) in [6.45, 7) is 0.408. The second-order valence-corrected chi connectivity index (χ2v) is 7.21. The highest BCUT2D eigenvalue weighted by atomic mass is 35.5. The Morgan fingerprint density at radius 1 is 1.06 bits per heavy atom. The first-order chi connectivity index (χ1) is 15.6. The molecule has 32 heavy (non-hydrogen) atoms. The van der Waals surface area contributed by atoms with E-state index in [0.717, 1.165) is 5.56 Å². The van der Waals surface area contributed by atoms with Crippen LogP contribution < -0.4 is 14.8 Å². The van der Waals surface area contributed by atoms with Gasteiger partial charge in [0.05, 0.1) is 14.2 Å². The van der Waals surface area contributed by atoms with Gasteiger partial charge in [0.25, 0.3) is 5.91 Å². The lowest BCUT2D eigenvalue weighted by molar-refractivity contribution is 0.0947. The maximum atomic E-state index is 13.3. The molecule has 0 unspecified atom stereocenters. The van der Waals surface area contributed by atoms with Gasteiger partial charge in [0, 0.05) is 35.1 Å². The first kappa shape index (κ1) is 21.3. The van der Waals surface area contributed by atoms with E-state index in [4.69, 9.17) is 21.1 Å². The quantitative estimate of drug-likeness (QED) is 0.449. The topological polar surface area (TPSA) is 91.2 Å². The number of benzene rings is 2. The van der Waals surface area contributed by atoms with Crippen LogP contribution in [-0.2, 0) is 6.54 Å². The Morgan fingerprint density at radius 3 is 2.62 bits per heavy atom. The molecular formula is C23H20ClN5O3. The van der Waals surface area contributed by atoms with Crippen molar-refractivity contribution in [1.82, 2.24) is 19.7 Å². The maximum absolute atomic E-state index is 13.3. The van der Waals surface area contributed by atoms with E-state index >= 15 is 0 Å². The van der Waals surface area contributed by atoms with Gasteiger partial charge in [-0.2, -0.15) is 9.67 Å². The number of anilines is 1. The van der Waals surface area contributed by atoms with Gasteiger partial charge in [0.15, 0.2) is 17.3 Å². The fraction of sp³-hybridized carbons (Fsp3) is 0.130. The number of nitrogens with one attached hydrogen (secondary N) is 1. The summed E-state index contributed by atoms with van der Waals surface area (Å²) in [6.07, 6.45) is 3.30. The van der Waals surface area contributed by atoms with E-state index in [2.05, 4.69) is 20.4 Å². The van der Waals surface area contributed by atoms with Crippen LogP contribution in [0.5, 0.6) is 11.5 Å². The molecular weight excluding hydrogens is 430 g/mol. The van der Waals surface area contributed by atoms with E-state index in [-0.39, 0.29) is 5.91 Å². The van der Waals surface area contributed by atoms with Gasteiger partial charge in [-0.15, -0.1) is 5.10 Å². The van der Waals surface area contributed by atoms with Crippen LogP contribution >= 0.6 is 11.6 Å². The second-order valence-electron chi connectivity index (χ2n) is 6.77. The Hall–Kier alpha value is -3.91. The number of rotatable bonds is 7. The summed E-state index contributed by atoms with van der Waals surface area (Å²) in [5.74, 6) is 1.27. The Balaban J connectivity index is 1.70. The summed E-state index contributed by atoms with van der Waals surface area (Å²) >= 11 is 6.08. The average Bonchev–Trinajstić information content (AvgIpc) is 3.26. The summed E-state index contributed by atoms with van der Waals surface area (Å²) in [5, 5.41) is 8.25. The van der Waals surface area contributed by atoms with Gasteiger partial charge in [-0.05, 0) is 48.0 Å². The molecule has 4 rings (SSSR count). The molecule has 0 saturated heterocycles. The Bertz CT molecular complexity index is 1240. The molecule has 0 fully saturated rings. The normalized spacial score (nSPS) is 10.6. The van der Waals surface area contributed by atoms with Crippen molar-refractivity contribution < 1.29 is 14.3 Å². The highest BCUT2D eigenvalue weighted by Gasteiger charge is 2.20.